The van der Waals surface area contributed by atoms with Crippen LogP contribution in [0.1, 0.15) is 43.0 Å². The van der Waals surface area contributed by atoms with Crippen molar-refractivity contribution in [2.24, 2.45) is 0 Å². The van der Waals surface area contributed by atoms with Crippen molar-refractivity contribution in [1.82, 2.24) is 5.32 Å². The van der Waals surface area contributed by atoms with Gasteiger partial charge in [-0.3, -0.25) is 9.10 Å². The summed E-state index contributed by atoms with van der Waals surface area (Å²) in [5, 5.41) is 2.99. The Morgan fingerprint density at radius 1 is 1.17 bits per heavy atom. The van der Waals surface area contributed by atoms with Crippen LogP contribution in [0.3, 0.4) is 0 Å². The predicted molar refractivity (Wildman–Crippen MR) is 117 cm³/mol. The van der Waals surface area contributed by atoms with Crippen molar-refractivity contribution < 1.29 is 17.9 Å². The fourth-order valence-electron chi connectivity index (χ4n) is 3.42. The Kier molecular flexibility index (Phi) is 7.30. The summed E-state index contributed by atoms with van der Waals surface area (Å²) < 4.78 is 31.6. The Labute approximate surface area is 173 Å². The van der Waals surface area contributed by atoms with Gasteiger partial charge >= 0.3 is 0 Å². The first kappa shape index (κ1) is 22.7. The fraction of sp³-hybridized carbons (Fsp3) is 0.409. The molecule has 0 aromatic heterocycles. The summed E-state index contributed by atoms with van der Waals surface area (Å²) in [6, 6.07) is 11.7. The Morgan fingerprint density at radius 2 is 1.86 bits per heavy atom. The normalized spacial score (nSPS) is 13.4. The highest BCUT2D eigenvalue weighted by Crippen LogP contribution is 2.27. The highest BCUT2D eigenvalue weighted by molar-refractivity contribution is 7.92. The van der Waals surface area contributed by atoms with Gasteiger partial charge in [-0.1, -0.05) is 36.8 Å². The van der Waals surface area contributed by atoms with Crippen molar-refractivity contribution >= 4 is 21.6 Å². The molecule has 0 spiro atoms. The van der Waals surface area contributed by atoms with Crippen LogP contribution in [0.2, 0.25) is 0 Å². The third-order valence-corrected chi connectivity index (χ3v) is 6.08. The minimum atomic E-state index is -3.70. The largest absolute Gasteiger partial charge is 0.497 e. The molecule has 0 fully saturated rings. The van der Waals surface area contributed by atoms with E-state index >= 15 is 0 Å². The van der Waals surface area contributed by atoms with Gasteiger partial charge in [-0.15, -0.1) is 0 Å². The summed E-state index contributed by atoms with van der Waals surface area (Å²) >= 11 is 0. The van der Waals surface area contributed by atoms with Gasteiger partial charge in [0.25, 0.3) is 0 Å². The minimum Gasteiger partial charge on any atom is -0.497 e. The lowest BCUT2D eigenvalue weighted by Crippen LogP contribution is -2.49. The van der Waals surface area contributed by atoms with Crippen LogP contribution in [0.4, 0.5) is 5.69 Å². The monoisotopic (exact) mass is 418 g/mol. The Balaban J connectivity index is 2.36. The van der Waals surface area contributed by atoms with E-state index in [9.17, 15) is 13.2 Å². The van der Waals surface area contributed by atoms with Crippen LogP contribution in [-0.2, 0) is 14.8 Å². The number of aryl methyl sites for hydroxylation is 2. The van der Waals surface area contributed by atoms with Crippen molar-refractivity contribution in [3.63, 3.8) is 0 Å². The van der Waals surface area contributed by atoms with Crippen molar-refractivity contribution in [3.8, 4) is 5.75 Å². The van der Waals surface area contributed by atoms with E-state index in [0.29, 0.717) is 17.9 Å². The highest BCUT2D eigenvalue weighted by atomic mass is 32.2. The van der Waals surface area contributed by atoms with Gasteiger partial charge < -0.3 is 10.1 Å². The number of carbonyl (C=O) groups excluding carboxylic acids is 1. The number of benzene rings is 2. The third kappa shape index (κ3) is 5.50. The van der Waals surface area contributed by atoms with Gasteiger partial charge in [0.05, 0.1) is 25.1 Å². The van der Waals surface area contributed by atoms with Crippen LogP contribution in [0.25, 0.3) is 0 Å². The molecule has 2 aromatic rings. The van der Waals surface area contributed by atoms with Gasteiger partial charge in [-0.2, -0.15) is 0 Å². The first-order valence-corrected chi connectivity index (χ1v) is 11.4. The number of ether oxygens (including phenoxy) is 1. The molecule has 2 atom stereocenters. The van der Waals surface area contributed by atoms with Crippen LogP contribution < -0.4 is 14.4 Å². The fourth-order valence-corrected chi connectivity index (χ4v) is 4.63. The Bertz CT molecular complexity index is 973. The number of carbonyl (C=O) groups is 1. The second-order valence-corrected chi connectivity index (χ2v) is 9.13. The predicted octanol–water partition coefficient (Wildman–Crippen LogP) is 3.73. The number of methoxy groups -OCH3 is 1. The number of hydrogen-bond donors (Lipinski definition) is 1. The molecule has 0 radical (unpaired) electrons. The van der Waals surface area contributed by atoms with E-state index in [1.807, 2.05) is 39.0 Å². The summed E-state index contributed by atoms with van der Waals surface area (Å²) in [5.74, 6) is 0.185. The minimum absolute atomic E-state index is 0.247. The second-order valence-electron chi connectivity index (χ2n) is 7.27. The molecule has 2 rings (SSSR count). The molecule has 1 N–H and O–H groups in total. The van der Waals surface area contributed by atoms with Gasteiger partial charge in [0.1, 0.15) is 11.8 Å². The maximum absolute atomic E-state index is 13.1. The van der Waals surface area contributed by atoms with E-state index in [4.69, 9.17) is 4.74 Å². The molecule has 7 heteroatoms. The standard InChI is InChI=1S/C22H30N2O4S/c1-7-21(22(25)23-17(4)20-13-15(2)11-12-16(20)3)24(29(6,26)27)18-9-8-10-19(14-18)28-5/h8-14,17,21H,7H2,1-6H3,(H,23,25)/t17-,21+/m0/s1. The molecular weight excluding hydrogens is 388 g/mol. The molecule has 1 amide bonds. The van der Waals surface area contributed by atoms with Gasteiger partial charge in [0.2, 0.25) is 15.9 Å². The quantitative estimate of drug-likeness (QED) is 0.709. The maximum Gasteiger partial charge on any atom is 0.244 e. The van der Waals surface area contributed by atoms with E-state index in [1.54, 1.807) is 31.2 Å². The molecular formula is C22H30N2O4S. The molecule has 0 unspecified atom stereocenters. The molecule has 158 valence electrons. The first-order chi connectivity index (χ1) is 13.6. The van der Waals surface area contributed by atoms with Crippen molar-refractivity contribution in [3.05, 3.63) is 59.2 Å². The van der Waals surface area contributed by atoms with E-state index in [1.165, 1.54) is 11.4 Å². The summed E-state index contributed by atoms with van der Waals surface area (Å²) in [6.07, 6.45) is 1.44. The van der Waals surface area contributed by atoms with E-state index in [2.05, 4.69) is 5.32 Å². The number of nitrogens with one attached hydrogen (secondary N) is 1. The Hall–Kier alpha value is -2.54. The highest BCUT2D eigenvalue weighted by Gasteiger charge is 2.32. The molecule has 6 nitrogen and oxygen atoms in total. The zero-order valence-corrected chi connectivity index (χ0v) is 18.7. The Morgan fingerprint density at radius 3 is 2.45 bits per heavy atom. The molecule has 0 heterocycles. The smallest absolute Gasteiger partial charge is 0.244 e. The van der Waals surface area contributed by atoms with Gasteiger partial charge in [-0.05, 0) is 50.5 Å². The number of rotatable bonds is 8. The molecule has 2 aromatic carbocycles. The van der Waals surface area contributed by atoms with Gasteiger partial charge in [0, 0.05) is 6.07 Å². The lowest BCUT2D eigenvalue weighted by atomic mass is 9.99. The maximum atomic E-state index is 13.1. The number of sulfonamides is 1. The van der Waals surface area contributed by atoms with Crippen LogP contribution in [0.15, 0.2) is 42.5 Å². The lowest BCUT2D eigenvalue weighted by molar-refractivity contribution is -0.122. The topological polar surface area (TPSA) is 75.7 Å². The first-order valence-electron chi connectivity index (χ1n) is 9.59. The number of anilines is 1. The molecule has 0 aliphatic rings. The summed E-state index contributed by atoms with van der Waals surface area (Å²) in [4.78, 5) is 13.1. The van der Waals surface area contributed by atoms with E-state index < -0.39 is 16.1 Å². The molecule has 0 saturated heterocycles. The van der Waals surface area contributed by atoms with E-state index in [0.717, 1.165) is 22.9 Å². The summed E-state index contributed by atoms with van der Waals surface area (Å²) in [5.41, 5.74) is 3.59. The number of amides is 1. The van der Waals surface area contributed by atoms with Gasteiger partial charge in [-0.25, -0.2) is 8.42 Å². The zero-order chi connectivity index (χ0) is 21.8. The summed E-state index contributed by atoms with van der Waals surface area (Å²) in [6.45, 7) is 7.70. The molecule has 29 heavy (non-hydrogen) atoms. The van der Waals surface area contributed by atoms with Crippen molar-refractivity contribution in [2.45, 2.75) is 46.2 Å². The van der Waals surface area contributed by atoms with Crippen LogP contribution in [0.5, 0.6) is 5.75 Å². The number of hydrogen-bond acceptors (Lipinski definition) is 4. The third-order valence-electron chi connectivity index (χ3n) is 4.90. The molecule has 0 aliphatic heterocycles. The van der Waals surface area contributed by atoms with Crippen molar-refractivity contribution in [1.29, 1.82) is 0 Å². The average molecular weight is 419 g/mol. The number of nitrogens with zero attached hydrogens (tertiary/aromatic N) is 1. The molecule has 0 bridgehead atoms. The van der Waals surface area contributed by atoms with Crippen LogP contribution >= 0.6 is 0 Å². The summed E-state index contributed by atoms with van der Waals surface area (Å²) in [7, 11) is -2.18. The molecule has 0 saturated carbocycles. The van der Waals surface area contributed by atoms with Gasteiger partial charge in [0.15, 0.2) is 0 Å². The average Bonchev–Trinajstić information content (AvgIpc) is 2.66. The zero-order valence-electron chi connectivity index (χ0n) is 17.9. The van der Waals surface area contributed by atoms with Crippen molar-refractivity contribution in [2.75, 3.05) is 17.7 Å². The molecule has 0 aliphatic carbocycles. The van der Waals surface area contributed by atoms with Crippen LogP contribution in [0, 0.1) is 13.8 Å². The van der Waals surface area contributed by atoms with Crippen LogP contribution in [-0.4, -0.2) is 33.7 Å². The van der Waals surface area contributed by atoms with E-state index in [-0.39, 0.29) is 11.9 Å². The SMILES string of the molecule is CC[C@H](C(=O)N[C@@H](C)c1cc(C)ccc1C)N(c1cccc(OC)c1)S(C)(=O)=O. The second kappa shape index (κ2) is 9.31. The lowest BCUT2D eigenvalue weighted by Gasteiger charge is -2.31.